The van der Waals surface area contributed by atoms with Crippen molar-refractivity contribution >= 4 is 34.4 Å². The van der Waals surface area contributed by atoms with E-state index in [1.807, 2.05) is 6.92 Å². The van der Waals surface area contributed by atoms with Gasteiger partial charge in [0.05, 0.1) is 29.5 Å². The SMILES string of the molecule is CCCOc1ccc2c(c1)c(C(=O)Nc1cc(C(=O)O)cc(-c3ccco3)c1)cn2C(C)=O. The second kappa shape index (κ2) is 9.04. The van der Waals surface area contributed by atoms with Gasteiger partial charge in [-0.15, -0.1) is 0 Å². The Morgan fingerprint density at radius 3 is 2.61 bits per heavy atom. The number of carbonyl (C=O) groups is 3. The van der Waals surface area contributed by atoms with Crippen LogP contribution in [0.1, 0.15) is 45.8 Å². The molecule has 1 amide bonds. The lowest BCUT2D eigenvalue weighted by molar-refractivity contribution is 0.0696. The minimum atomic E-state index is -1.13. The number of ether oxygens (including phenoxy) is 1. The van der Waals surface area contributed by atoms with Crippen LogP contribution in [0.2, 0.25) is 0 Å². The number of fused-ring (bicyclic) bond motifs is 1. The molecular formula is C25H22N2O6. The van der Waals surface area contributed by atoms with Crippen molar-refractivity contribution in [2.24, 2.45) is 0 Å². The molecule has 0 aliphatic heterocycles. The Bertz CT molecular complexity index is 1350. The van der Waals surface area contributed by atoms with Crippen molar-refractivity contribution in [1.82, 2.24) is 4.57 Å². The summed E-state index contributed by atoms with van der Waals surface area (Å²) in [5.74, 6) is -0.799. The number of nitrogens with one attached hydrogen (secondary N) is 1. The van der Waals surface area contributed by atoms with E-state index in [-0.39, 0.29) is 22.7 Å². The van der Waals surface area contributed by atoms with Crippen molar-refractivity contribution < 1.29 is 28.6 Å². The zero-order valence-corrected chi connectivity index (χ0v) is 18.1. The van der Waals surface area contributed by atoms with Gasteiger partial charge >= 0.3 is 5.97 Å². The van der Waals surface area contributed by atoms with E-state index in [0.29, 0.717) is 34.6 Å². The molecule has 4 aromatic rings. The van der Waals surface area contributed by atoms with Crippen LogP contribution in [0, 0.1) is 0 Å². The fourth-order valence-electron chi connectivity index (χ4n) is 3.57. The van der Waals surface area contributed by atoms with E-state index in [1.54, 1.807) is 36.4 Å². The van der Waals surface area contributed by atoms with Gasteiger partial charge in [-0.3, -0.25) is 14.2 Å². The second-order valence-electron chi connectivity index (χ2n) is 7.49. The molecule has 2 aromatic carbocycles. The van der Waals surface area contributed by atoms with E-state index in [9.17, 15) is 19.5 Å². The topological polar surface area (TPSA) is 111 Å². The maximum Gasteiger partial charge on any atom is 0.335 e. The van der Waals surface area contributed by atoms with E-state index >= 15 is 0 Å². The van der Waals surface area contributed by atoms with Crippen LogP contribution >= 0.6 is 0 Å². The first kappa shape index (κ1) is 21.9. The highest BCUT2D eigenvalue weighted by atomic mass is 16.5. The zero-order valence-electron chi connectivity index (χ0n) is 18.1. The number of nitrogens with zero attached hydrogens (tertiary/aromatic N) is 1. The Morgan fingerprint density at radius 2 is 1.94 bits per heavy atom. The average molecular weight is 446 g/mol. The molecule has 0 spiro atoms. The smallest absolute Gasteiger partial charge is 0.335 e. The fraction of sp³-hybridized carbons (Fsp3) is 0.160. The number of aromatic nitrogens is 1. The molecule has 33 heavy (non-hydrogen) atoms. The Kier molecular flexibility index (Phi) is 5.99. The molecule has 2 heterocycles. The van der Waals surface area contributed by atoms with Crippen LogP contribution in [0.5, 0.6) is 5.75 Å². The highest BCUT2D eigenvalue weighted by Crippen LogP contribution is 2.29. The number of anilines is 1. The number of amides is 1. The van der Waals surface area contributed by atoms with Crippen LogP contribution in [0.25, 0.3) is 22.2 Å². The molecule has 2 aromatic heterocycles. The van der Waals surface area contributed by atoms with Crippen LogP contribution in [0.15, 0.2) is 65.4 Å². The van der Waals surface area contributed by atoms with Crippen LogP contribution < -0.4 is 10.1 Å². The van der Waals surface area contributed by atoms with Gasteiger partial charge in [-0.2, -0.15) is 0 Å². The molecule has 0 saturated carbocycles. The molecule has 8 heteroatoms. The third-order valence-corrected chi connectivity index (χ3v) is 5.08. The van der Waals surface area contributed by atoms with E-state index in [4.69, 9.17) is 9.15 Å². The van der Waals surface area contributed by atoms with Gasteiger partial charge in [-0.1, -0.05) is 6.92 Å². The van der Waals surface area contributed by atoms with E-state index in [0.717, 1.165) is 6.42 Å². The molecule has 2 N–H and O–H groups in total. The third kappa shape index (κ3) is 4.50. The summed E-state index contributed by atoms with van der Waals surface area (Å²) in [4.78, 5) is 37.0. The lowest BCUT2D eigenvalue weighted by atomic mass is 10.1. The number of aromatic carboxylic acids is 1. The maximum absolute atomic E-state index is 13.2. The molecule has 0 unspecified atom stereocenters. The Hall–Kier alpha value is -4.33. The normalized spacial score (nSPS) is 10.8. The van der Waals surface area contributed by atoms with Crippen LogP contribution in [0.4, 0.5) is 5.69 Å². The van der Waals surface area contributed by atoms with Gasteiger partial charge < -0.3 is 19.6 Å². The van der Waals surface area contributed by atoms with Gasteiger partial charge in [0.2, 0.25) is 5.91 Å². The van der Waals surface area contributed by atoms with Crippen LogP contribution in [-0.4, -0.2) is 34.1 Å². The number of hydrogen-bond acceptors (Lipinski definition) is 5. The first-order valence-electron chi connectivity index (χ1n) is 10.4. The lowest BCUT2D eigenvalue weighted by Gasteiger charge is -2.09. The van der Waals surface area contributed by atoms with Crippen molar-refractivity contribution in [3.8, 4) is 17.1 Å². The Labute approximate surface area is 189 Å². The predicted octanol–water partition coefficient (Wildman–Crippen LogP) is 5.30. The Balaban J connectivity index is 1.74. The lowest BCUT2D eigenvalue weighted by Crippen LogP contribution is -2.13. The minimum absolute atomic E-state index is 0.000570. The summed E-state index contributed by atoms with van der Waals surface area (Å²) < 4.78 is 12.5. The van der Waals surface area contributed by atoms with Gasteiger partial charge in [-0.05, 0) is 55.0 Å². The van der Waals surface area contributed by atoms with E-state index in [1.165, 1.54) is 36.1 Å². The van der Waals surface area contributed by atoms with Gasteiger partial charge in [0.1, 0.15) is 11.5 Å². The van der Waals surface area contributed by atoms with E-state index in [2.05, 4.69) is 5.32 Å². The molecule has 0 bridgehead atoms. The molecule has 0 aliphatic rings. The van der Waals surface area contributed by atoms with Gasteiger partial charge in [0, 0.05) is 29.8 Å². The standard InChI is InChI=1S/C25H22N2O6/c1-3-8-32-19-6-7-22-20(13-19)21(14-27(22)15(2)28)24(29)26-18-11-16(23-5-4-9-33-23)10-17(12-18)25(30)31/h4-7,9-14H,3,8H2,1-2H3,(H,26,29)(H,30,31). The molecule has 168 valence electrons. The highest BCUT2D eigenvalue weighted by molar-refractivity contribution is 6.15. The van der Waals surface area contributed by atoms with Crippen molar-refractivity contribution in [1.29, 1.82) is 0 Å². The predicted molar refractivity (Wildman–Crippen MR) is 123 cm³/mol. The largest absolute Gasteiger partial charge is 0.494 e. The number of carboxylic acids is 1. The summed E-state index contributed by atoms with van der Waals surface area (Å²) in [7, 11) is 0. The van der Waals surface area contributed by atoms with Crippen molar-refractivity contribution in [3.05, 3.63) is 72.1 Å². The maximum atomic E-state index is 13.2. The van der Waals surface area contributed by atoms with Crippen molar-refractivity contribution in [2.75, 3.05) is 11.9 Å². The number of carboxylic acid groups (broad SMARTS) is 1. The summed E-state index contributed by atoms with van der Waals surface area (Å²) in [6.45, 7) is 3.93. The molecule has 4 rings (SSSR count). The number of rotatable bonds is 7. The molecule has 0 saturated heterocycles. The fourth-order valence-corrected chi connectivity index (χ4v) is 3.57. The number of carbonyl (C=O) groups excluding carboxylic acids is 2. The first-order valence-corrected chi connectivity index (χ1v) is 10.4. The summed E-state index contributed by atoms with van der Waals surface area (Å²) in [5.41, 5.74) is 1.64. The third-order valence-electron chi connectivity index (χ3n) is 5.08. The van der Waals surface area contributed by atoms with Gasteiger partial charge in [0.15, 0.2) is 0 Å². The Morgan fingerprint density at radius 1 is 1.12 bits per heavy atom. The molecule has 0 aliphatic carbocycles. The summed E-state index contributed by atoms with van der Waals surface area (Å²) in [6, 6.07) is 13.1. The minimum Gasteiger partial charge on any atom is -0.494 e. The molecule has 8 nitrogen and oxygen atoms in total. The molecule has 0 fully saturated rings. The number of benzene rings is 2. The number of furan rings is 1. The quantitative estimate of drug-likeness (QED) is 0.398. The molecular weight excluding hydrogens is 424 g/mol. The zero-order chi connectivity index (χ0) is 23.5. The molecule has 0 atom stereocenters. The average Bonchev–Trinajstić information content (AvgIpc) is 3.45. The van der Waals surface area contributed by atoms with Crippen molar-refractivity contribution in [2.45, 2.75) is 20.3 Å². The highest BCUT2D eigenvalue weighted by Gasteiger charge is 2.19. The van der Waals surface area contributed by atoms with Gasteiger partial charge in [-0.25, -0.2) is 4.79 Å². The first-order chi connectivity index (χ1) is 15.9. The summed E-state index contributed by atoms with van der Waals surface area (Å²) in [6.07, 6.45) is 3.79. The van der Waals surface area contributed by atoms with Crippen molar-refractivity contribution in [3.63, 3.8) is 0 Å². The molecule has 0 radical (unpaired) electrons. The van der Waals surface area contributed by atoms with Crippen LogP contribution in [0.3, 0.4) is 0 Å². The monoisotopic (exact) mass is 446 g/mol. The second-order valence-corrected chi connectivity index (χ2v) is 7.49. The van der Waals surface area contributed by atoms with E-state index < -0.39 is 11.9 Å². The van der Waals surface area contributed by atoms with Crippen LogP contribution in [-0.2, 0) is 0 Å². The number of hydrogen-bond donors (Lipinski definition) is 2. The van der Waals surface area contributed by atoms with Gasteiger partial charge in [0.25, 0.3) is 5.91 Å². The summed E-state index contributed by atoms with van der Waals surface area (Å²) in [5, 5.41) is 12.8. The summed E-state index contributed by atoms with van der Waals surface area (Å²) >= 11 is 0.